The van der Waals surface area contributed by atoms with Gasteiger partial charge in [-0.1, -0.05) is 0 Å². The summed E-state index contributed by atoms with van der Waals surface area (Å²) < 4.78 is 24.0. The number of sulfonamides is 1. The average molecular weight is 161 g/mol. The molecule has 2 aliphatic rings. The lowest BCUT2D eigenvalue weighted by atomic mass is 10.5. The van der Waals surface area contributed by atoms with Crippen molar-refractivity contribution in [3.63, 3.8) is 0 Å². The molecule has 0 unspecified atom stereocenters. The highest BCUT2D eigenvalue weighted by molar-refractivity contribution is 7.89. The van der Waals surface area contributed by atoms with Crippen molar-refractivity contribution in [2.24, 2.45) is 0 Å². The van der Waals surface area contributed by atoms with Gasteiger partial charge in [0.1, 0.15) is 0 Å². The molecule has 0 spiro atoms. The van der Waals surface area contributed by atoms with E-state index in [2.05, 4.69) is 0 Å². The first-order valence-corrected chi connectivity index (χ1v) is 5.30. The Hall–Kier alpha value is -0.0900. The van der Waals surface area contributed by atoms with E-state index in [1.165, 1.54) is 0 Å². The largest absolute Gasteiger partial charge is 0.214 e. The van der Waals surface area contributed by atoms with Crippen LogP contribution in [0.4, 0.5) is 0 Å². The molecule has 1 aliphatic carbocycles. The van der Waals surface area contributed by atoms with Crippen LogP contribution in [0.25, 0.3) is 0 Å². The summed E-state index contributed by atoms with van der Waals surface area (Å²) in [6, 6.07) is 0.382. The topological polar surface area (TPSA) is 37.4 Å². The molecule has 0 aromatic heterocycles. The number of nitrogens with zero attached hydrogens (tertiary/aromatic N) is 1. The first-order chi connectivity index (χ1) is 4.70. The molecular weight excluding hydrogens is 150 g/mol. The Morgan fingerprint density at radius 3 is 2.40 bits per heavy atom. The second-order valence-corrected chi connectivity index (χ2v) is 5.05. The minimum atomic E-state index is -2.79. The lowest BCUT2D eigenvalue weighted by molar-refractivity contribution is 0.437. The van der Waals surface area contributed by atoms with Crippen molar-refractivity contribution < 1.29 is 8.42 Å². The third kappa shape index (κ3) is 0.953. The van der Waals surface area contributed by atoms with Crippen LogP contribution >= 0.6 is 0 Å². The molecular formula is C6H11NO2S. The van der Waals surface area contributed by atoms with E-state index in [9.17, 15) is 8.42 Å². The summed E-state index contributed by atoms with van der Waals surface area (Å²) in [5, 5.41) is 0. The first kappa shape index (κ1) is 6.61. The van der Waals surface area contributed by atoms with E-state index in [0.29, 0.717) is 11.8 Å². The molecule has 0 bridgehead atoms. The molecule has 1 heterocycles. The summed E-state index contributed by atoms with van der Waals surface area (Å²) in [4.78, 5) is 0. The summed E-state index contributed by atoms with van der Waals surface area (Å²) in [6.07, 6.45) is 3.00. The fourth-order valence-corrected chi connectivity index (χ4v) is 3.23. The van der Waals surface area contributed by atoms with Crippen molar-refractivity contribution in [1.29, 1.82) is 0 Å². The van der Waals surface area contributed by atoms with Crippen molar-refractivity contribution in [3.05, 3.63) is 0 Å². The van der Waals surface area contributed by atoms with Gasteiger partial charge < -0.3 is 0 Å². The monoisotopic (exact) mass is 161 g/mol. The van der Waals surface area contributed by atoms with Gasteiger partial charge in [0.25, 0.3) is 0 Å². The normalized spacial score (nSPS) is 32.8. The van der Waals surface area contributed by atoms with E-state index in [-0.39, 0.29) is 0 Å². The summed E-state index contributed by atoms with van der Waals surface area (Å²) in [5.41, 5.74) is 0. The van der Waals surface area contributed by atoms with Crippen LogP contribution in [-0.4, -0.2) is 31.1 Å². The van der Waals surface area contributed by atoms with Gasteiger partial charge in [-0.2, -0.15) is 4.31 Å². The van der Waals surface area contributed by atoms with Gasteiger partial charge >= 0.3 is 0 Å². The van der Waals surface area contributed by atoms with E-state index >= 15 is 0 Å². The highest BCUT2D eigenvalue weighted by atomic mass is 32.2. The summed E-state index contributed by atoms with van der Waals surface area (Å²) >= 11 is 0. The highest BCUT2D eigenvalue weighted by Gasteiger charge is 2.39. The third-order valence-electron chi connectivity index (χ3n) is 2.09. The maximum absolute atomic E-state index is 11.2. The molecule has 1 aliphatic heterocycles. The van der Waals surface area contributed by atoms with Gasteiger partial charge in [-0.05, 0) is 19.3 Å². The number of rotatable bonds is 1. The Labute approximate surface area is 61.1 Å². The van der Waals surface area contributed by atoms with Gasteiger partial charge in [0.15, 0.2) is 0 Å². The van der Waals surface area contributed by atoms with Gasteiger partial charge in [0, 0.05) is 12.6 Å². The molecule has 0 radical (unpaired) electrons. The average Bonchev–Trinajstić information content (AvgIpc) is 2.58. The molecule has 1 saturated heterocycles. The third-order valence-corrected chi connectivity index (χ3v) is 4.09. The van der Waals surface area contributed by atoms with Crippen molar-refractivity contribution >= 4 is 10.0 Å². The van der Waals surface area contributed by atoms with E-state index in [1.807, 2.05) is 0 Å². The van der Waals surface area contributed by atoms with E-state index in [4.69, 9.17) is 0 Å². The Balaban J connectivity index is 2.20. The lowest BCUT2D eigenvalue weighted by Crippen LogP contribution is -2.27. The Bertz CT molecular complexity index is 230. The van der Waals surface area contributed by atoms with Gasteiger partial charge in [0.05, 0.1) is 5.75 Å². The molecule has 0 atom stereocenters. The molecule has 2 rings (SSSR count). The van der Waals surface area contributed by atoms with Gasteiger partial charge in [-0.3, -0.25) is 0 Å². The minimum Gasteiger partial charge on any atom is -0.212 e. The van der Waals surface area contributed by atoms with Crippen LogP contribution in [0.2, 0.25) is 0 Å². The molecule has 10 heavy (non-hydrogen) atoms. The predicted octanol–water partition coefficient (Wildman–Crippen LogP) is 0.184. The summed E-state index contributed by atoms with van der Waals surface area (Å²) in [5.74, 6) is 0.378. The Morgan fingerprint density at radius 2 is 2.00 bits per heavy atom. The molecule has 0 amide bonds. The first-order valence-electron chi connectivity index (χ1n) is 3.70. The SMILES string of the molecule is O=S1(=O)CCCN1C1CC1. The molecule has 1 saturated carbocycles. The summed E-state index contributed by atoms with van der Waals surface area (Å²) in [7, 11) is -2.79. The van der Waals surface area contributed by atoms with Crippen LogP contribution in [0.5, 0.6) is 0 Å². The lowest BCUT2D eigenvalue weighted by Gasteiger charge is -2.11. The highest BCUT2D eigenvalue weighted by Crippen LogP contribution is 2.32. The molecule has 4 heteroatoms. The second-order valence-electron chi connectivity index (χ2n) is 3.01. The fraction of sp³-hybridized carbons (Fsp3) is 1.00. The van der Waals surface area contributed by atoms with Crippen LogP contribution in [0.3, 0.4) is 0 Å². The molecule has 0 aromatic carbocycles. The maximum Gasteiger partial charge on any atom is 0.214 e. The fourth-order valence-electron chi connectivity index (χ4n) is 1.43. The quantitative estimate of drug-likeness (QED) is 0.550. The Morgan fingerprint density at radius 1 is 1.30 bits per heavy atom. The molecule has 3 nitrogen and oxygen atoms in total. The van der Waals surface area contributed by atoms with E-state index in [1.54, 1.807) is 4.31 Å². The van der Waals surface area contributed by atoms with E-state index < -0.39 is 10.0 Å². The molecule has 2 fully saturated rings. The zero-order valence-electron chi connectivity index (χ0n) is 5.78. The van der Waals surface area contributed by atoms with Crippen molar-refractivity contribution in [2.45, 2.75) is 25.3 Å². The van der Waals surface area contributed by atoms with Crippen LogP contribution in [0, 0.1) is 0 Å². The number of hydrogen-bond donors (Lipinski definition) is 0. The summed E-state index contributed by atoms with van der Waals surface area (Å²) in [6.45, 7) is 0.771. The zero-order chi connectivity index (χ0) is 7.19. The maximum atomic E-state index is 11.2. The van der Waals surface area contributed by atoms with Gasteiger partial charge in [0.2, 0.25) is 10.0 Å². The Kier molecular flexibility index (Phi) is 1.29. The van der Waals surface area contributed by atoms with E-state index in [0.717, 1.165) is 25.8 Å². The number of hydrogen-bond acceptors (Lipinski definition) is 2. The van der Waals surface area contributed by atoms with Crippen molar-refractivity contribution in [1.82, 2.24) is 4.31 Å². The molecule has 58 valence electrons. The smallest absolute Gasteiger partial charge is 0.212 e. The second kappa shape index (κ2) is 1.95. The minimum absolute atomic E-state index is 0.378. The van der Waals surface area contributed by atoms with Crippen LogP contribution in [-0.2, 0) is 10.0 Å². The standard InChI is InChI=1S/C6H11NO2S/c8-10(9)5-1-4-7(10)6-2-3-6/h6H,1-5H2. The molecule has 0 aromatic rings. The van der Waals surface area contributed by atoms with Crippen LogP contribution in [0.1, 0.15) is 19.3 Å². The molecule has 0 N–H and O–H groups in total. The van der Waals surface area contributed by atoms with Crippen LogP contribution < -0.4 is 0 Å². The van der Waals surface area contributed by atoms with Crippen molar-refractivity contribution in [2.75, 3.05) is 12.3 Å². The zero-order valence-corrected chi connectivity index (χ0v) is 6.60. The predicted molar refractivity (Wildman–Crippen MR) is 38.1 cm³/mol. The van der Waals surface area contributed by atoms with Gasteiger partial charge in [-0.25, -0.2) is 8.42 Å². The van der Waals surface area contributed by atoms with Crippen molar-refractivity contribution in [3.8, 4) is 0 Å². The van der Waals surface area contributed by atoms with Gasteiger partial charge in [-0.15, -0.1) is 0 Å². The van der Waals surface area contributed by atoms with Crippen LogP contribution in [0.15, 0.2) is 0 Å².